The highest BCUT2D eigenvalue weighted by Crippen LogP contribution is 2.33. The summed E-state index contributed by atoms with van der Waals surface area (Å²) < 4.78 is 6.08. The minimum atomic E-state index is 0.0461. The molecule has 13 heavy (non-hydrogen) atoms. The zero-order valence-corrected chi connectivity index (χ0v) is 9.85. The third-order valence-electron chi connectivity index (χ3n) is 2.64. The first-order valence-electron chi connectivity index (χ1n) is 5.10. The molecule has 0 aliphatic carbocycles. The summed E-state index contributed by atoms with van der Waals surface area (Å²) in [5.41, 5.74) is 0.247. The quantitative estimate of drug-likeness (QED) is 0.575. The number of rotatable bonds is 0. The summed E-state index contributed by atoms with van der Waals surface area (Å²) in [5.74, 6) is 0. The molecule has 1 heterocycles. The fourth-order valence-electron chi connectivity index (χ4n) is 1.85. The smallest absolute Gasteiger partial charge is 0.115 e. The predicted octanol–water partition coefficient (Wildman–Crippen LogP) is 2.49. The number of hydrogen-bond donors (Lipinski definition) is 0. The van der Waals surface area contributed by atoms with E-state index in [0.717, 1.165) is 13.0 Å². The summed E-state index contributed by atoms with van der Waals surface area (Å²) in [6.45, 7) is 12.2. The highest BCUT2D eigenvalue weighted by Gasteiger charge is 2.38. The van der Waals surface area contributed by atoms with Crippen LogP contribution in [0.1, 0.15) is 41.0 Å². The lowest BCUT2D eigenvalue weighted by atomic mass is 9.90. The second-order valence-corrected chi connectivity index (χ2v) is 5.83. The summed E-state index contributed by atoms with van der Waals surface area (Å²) in [5, 5.41) is 0. The van der Waals surface area contributed by atoms with E-state index >= 15 is 0 Å². The number of hydrogen-bond acceptors (Lipinski definition) is 2. The van der Waals surface area contributed by atoms with Crippen molar-refractivity contribution >= 4 is 0 Å². The fraction of sp³-hybridized carbons (Fsp3) is 1.00. The third kappa shape index (κ3) is 2.68. The zero-order chi connectivity index (χ0) is 10.3. The maximum atomic E-state index is 6.08. The van der Waals surface area contributed by atoms with Gasteiger partial charge in [0.2, 0.25) is 0 Å². The first-order valence-corrected chi connectivity index (χ1v) is 5.10. The van der Waals surface area contributed by atoms with Crippen molar-refractivity contribution in [3.8, 4) is 0 Å². The normalized spacial score (nSPS) is 30.5. The molecule has 0 spiro atoms. The van der Waals surface area contributed by atoms with Crippen molar-refractivity contribution in [2.45, 2.75) is 52.9 Å². The molecule has 0 aromatic carbocycles. The van der Waals surface area contributed by atoms with Crippen molar-refractivity contribution in [3.63, 3.8) is 0 Å². The Hall–Kier alpha value is -0.0800. The fourth-order valence-corrected chi connectivity index (χ4v) is 1.85. The molecule has 2 heteroatoms. The minimum Gasteiger partial charge on any atom is -0.357 e. The summed E-state index contributed by atoms with van der Waals surface area (Å²) in [4.78, 5) is 2.31. The molecular formula is C11H23NO. The Morgan fingerprint density at radius 1 is 1.31 bits per heavy atom. The maximum absolute atomic E-state index is 6.08. The molecular weight excluding hydrogens is 162 g/mol. The van der Waals surface area contributed by atoms with Crippen molar-refractivity contribution in [2.75, 3.05) is 13.6 Å². The molecule has 1 aliphatic rings. The average Bonchev–Trinajstić information content (AvgIpc) is 1.92. The monoisotopic (exact) mass is 185 g/mol. The Bertz CT molecular complexity index is 181. The van der Waals surface area contributed by atoms with Crippen LogP contribution in [0.3, 0.4) is 0 Å². The molecule has 78 valence electrons. The first kappa shape index (κ1) is 11.0. The maximum Gasteiger partial charge on any atom is 0.115 e. The van der Waals surface area contributed by atoms with Crippen molar-refractivity contribution in [2.24, 2.45) is 5.41 Å². The Labute approximate surface area is 82.3 Å². The summed E-state index contributed by atoms with van der Waals surface area (Å²) in [6.07, 6.45) is 1.37. The Kier molecular flexibility index (Phi) is 2.75. The van der Waals surface area contributed by atoms with Crippen LogP contribution in [-0.4, -0.2) is 30.3 Å². The molecule has 0 N–H and O–H groups in total. The molecule has 0 aromatic heterocycles. The van der Waals surface area contributed by atoms with Gasteiger partial charge in [0.05, 0.1) is 5.60 Å². The molecule has 1 rings (SSSR count). The van der Waals surface area contributed by atoms with E-state index in [4.69, 9.17) is 4.74 Å². The lowest BCUT2D eigenvalue weighted by molar-refractivity contribution is -0.211. The van der Waals surface area contributed by atoms with Crippen LogP contribution in [-0.2, 0) is 4.74 Å². The molecule has 1 atom stereocenters. The molecule has 0 amide bonds. The van der Waals surface area contributed by atoms with Crippen LogP contribution in [0, 0.1) is 5.41 Å². The van der Waals surface area contributed by atoms with Crippen molar-refractivity contribution in [1.29, 1.82) is 0 Å². The van der Waals surface area contributed by atoms with Gasteiger partial charge in [-0.3, -0.25) is 4.90 Å². The molecule has 2 nitrogen and oxygen atoms in total. The van der Waals surface area contributed by atoms with Gasteiger partial charge < -0.3 is 4.74 Å². The topological polar surface area (TPSA) is 12.5 Å². The zero-order valence-electron chi connectivity index (χ0n) is 9.85. The van der Waals surface area contributed by atoms with E-state index in [1.165, 1.54) is 0 Å². The van der Waals surface area contributed by atoms with E-state index < -0.39 is 0 Å². The third-order valence-corrected chi connectivity index (χ3v) is 2.64. The van der Waals surface area contributed by atoms with Crippen LogP contribution in [0.4, 0.5) is 0 Å². The standard InChI is InChI=1S/C11H23NO/c1-10(2,3)9-12(6)8-7-11(4,5)13-9/h9H,7-8H2,1-6H3. The van der Waals surface area contributed by atoms with Gasteiger partial charge in [-0.15, -0.1) is 0 Å². The minimum absolute atomic E-state index is 0.0461. The Morgan fingerprint density at radius 2 is 1.85 bits per heavy atom. The van der Waals surface area contributed by atoms with Crippen LogP contribution in [0.15, 0.2) is 0 Å². The molecule has 1 fully saturated rings. The van der Waals surface area contributed by atoms with Crippen LogP contribution in [0.5, 0.6) is 0 Å². The van der Waals surface area contributed by atoms with Gasteiger partial charge in [-0.1, -0.05) is 20.8 Å². The average molecular weight is 185 g/mol. The van der Waals surface area contributed by atoms with E-state index in [0.29, 0.717) is 0 Å². The molecule has 1 aliphatic heterocycles. The van der Waals surface area contributed by atoms with Gasteiger partial charge in [0, 0.05) is 12.0 Å². The van der Waals surface area contributed by atoms with Crippen LogP contribution < -0.4 is 0 Å². The van der Waals surface area contributed by atoms with Crippen LogP contribution >= 0.6 is 0 Å². The molecule has 0 saturated carbocycles. The van der Waals surface area contributed by atoms with Gasteiger partial charge in [-0.25, -0.2) is 0 Å². The lowest BCUT2D eigenvalue weighted by Crippen LogP contribution is -2.53. The van der Waals surface area contributed by atoms with E-state index in [9.17, 15) is 0 Å². The highest BCUT2D eigenvalue weighted by atomic mass is 16.5. The highest BCUT2D eigenvalue weighted by molar-refractivity contribution is 4.84. The van der Waals surface area contributed by atoms with Crippen molar-refractivity contribution in [1.82, 2.24) is 4.90 Å². The second kappa shape index (κ2) is 3.25. The lowest BCUT2D eigenvalue weighted by Gasteiger charge is -2.47. The van der Waals surface area contributed by atoms with E-state index in [2.05, 4.69) is 46.6 Å². The SMILES string of the molecule is CN1CCC(C)(C)OC1C(C)(C)C. The Balaban J connectivity index is 2.72. The molecule has 0 aromatic rings. The van der Waals surface area contributed by atoms with Gasteiger partial charge >= 0.3 is 0 Å². The summed E-state index contributed by atoms with van der Waals surface area (Å²) >= 11 is 0. The van der Waals surface area contributed by atoms with Gasteiger partial charge in [0.1, 0.15) is 6.23 Å². The molecule has 1 unspecified atom stereocenters. The van der Waals surface area contributed by atoms with E-state index in [1.54, 1.807) is 0 Å². The molecule has 1 saturated heterocycles. The number of nitrogens with zero attached hydrogens (tertiary/aromatic N) is 1. The van der Waals surface area contributed by atoms with Crippen LogP contribution in [0.2, 0.25) is 0 Å². The van der Waals surface area contributed by atoms with Crippen molar-refractivity contribution in [3.05, 3.63) is 0 Å². The number of ether oxygens (including phenoxy) is 1. The first-order chi connectivity index (χ1) is 5.72. The summed E-state index contributed by atoms with van der Waals surface area (Å²) in [7, 11) is 2.14. The van der Waals surface area contributed by atoms with Gasteiger partial charge in [0.15, 0.2) is 0 Å². The Morgan fingerprint density at radius 3 is 2.23 bits per heavy atom. The van der Waals surface area contributed by atoms with Gasteiger partial charge in [-0.05, 0) is 27.3 Å². The molecule has 0 radical (unpaired) electrons. The molecule has 0 bridgehead atoms. The largest absolute Gasteiger partial charge is 0.357 e. The van der Waals surface area contributed by atoms with Crippen molar-refractivity contribution < 1.29 is 4.74 Å². The van der Waals surface area contributed by atoms with Gasteiger partial charge in [-0.2, -0.15) is 0 Å². The van der Waals surface area contributed by atoms with E-state index in [1.807, 2.05) is 0 Å². The van der Waals surface area contributed by atoms with Gasteiger partial charge in [0.25, 0.3) is 0 Å². The predicted molar refractivity (Wildman–Crippen MR) is 55.7 cm³/mol. The van der Waals surface area contributed by atoms with Crippen LogP contribution in [0.25, 0.3) is 0 Å². The van der Waals surface area contributed by atoms with E-state index in [-0.39, 0.29) is 17.2 Å². The summed E-state index contributed by atoms with van der Waals surface area (Å²) in [6, 6.07) is 0. The second-order valence-electron chi connectivity index (χ2n) is 5.83.